The van der Waals surface area contributed by atoms with E-state index in [9.17, 15) is 9.90 Å². The van der Waals surface area contributed by atoms with Crippen LogP contribution in [0, 0.1) is 0 Å². The van der Waals surface area contributed by atoms with Crippen LogP contribution in [-0.4, -0.2) is 34.9 Å². The summed E-state index contributed by atoms with van der Waals surface area (Å²) in [5.41, 5.74) is 10.0. The SMILES string of the molecule is CC(N)(CO)C(=O)Nc1ccc(-c2csc(-c3ccc(-c4ccc5c(c4)OCO5)cc3)n2)cc1. The van der Waals surface area contributed by atoms with Crippen LogP contribution in [0.4, 0.5) is 5.69 Å². The van der Waals surface area contributed by atoms with Gasteiger partial charge in [0.1, 0.15) is 10.5 Å². The Balaban J connectivity index is 1.30. The number of amides is 1. The normalized spacial score (nSPS) is 14.0. The van der Waals surface area contributed by atoms with E-state index in [1.165, 1.54) is 6.92 Å². The largest absolute Gasteiger partial charge is 0.454 e. The molecule has 0 aliphatic carbocycles. The number of nitrogens with zero attached hydrogens (tertiary/aromatic N) is 1. The number of hydrogen-bond acceptors (Lipinski definition) is 7. The highest BCUT2D eigenvalue weighted by Crippen LogP contribution is 2.37. The number of rotatable bonds is 6. The lowest BCUT2D eigenvalue weighted by molar-refractivity contribution is -0.121. The van der Waals surface area contributed by atoms with Crippen molar-refractivity contribution >= 4 is 22.9 Å². The summed E-state index contributed by atoms with van der Waals surface area (Å²) in [6.45, 7) is 1.31. The van der Waals surface area contributed by atoms with Crippen molar-refractivity contribution in [3.63, 3.8) is 0 Å². The van der Waals surface area contributed by atoms with Gasteiger partial charge in [-0.3, -0.25) is 4.79 Å². The molecule has 0 radical (unpaired) electrons. The van der Waals surface area contributed by atoms with Crippen LogP contribution in [-0.2, 0) is 4.79 Å². The fourth-order valence-electron chi connectivity index (χ4n) is 3.49. The van der Waals surface area contributed by atoms with E-state index in [4.69, 9.17) is 20.2 Å². The molecule has 1 atom stereocenters. The standard InChI is InChI=1S/C26H23N3O4S/c1-26(27,14-30)25(31)28-20-9-6-17(7-10-20)21-13-34-24(29-21)18-4-2-16(3-5-18)19-8-11-22-23(12-19)33-15-32-22/h2-13,30H,14-15,27H2,1H3,(H,28,31). The molecule has 1 amide bonds. The molecular formula is C26H23N3O4S. The first-order valence-electron chi connectivity index (χ1n) is 10.7. The third-order valence-corrected chi connectivity index (χ3v) is 6.52. The Kier molecular flexibility index (Phi) is 5.79. The highest BCUT2D eigenvalue weighted by atomic mass is 32.1. The number of benzene rings is 3. The molecule has 1 aliphatic heterocycles. The Morgan fingerprint density at radius 3 is 2.38 bits per heavy atom. The summed E-state index contributed by atoms with van der Waals surface area (Å²) >= 11 is 1.57. The fourth-order valence-corrected chi connectivity index (χ4v) is 4.33. The van der Waals surface area contributed by atoms with Crippen molar-refractivity contribution in [2.24, 2.45) is 5.73 Å². The highest BCUT2D eigenvalue weighted by molar-refractivity contribution is 7.13. The van der Waals surface area contributed by atoms with Gasteiger partial charge in [0.2, 0.25) is 12.7 Å². The van der Waals surface area contributed by atoms with Crippen molar-refractivity contribution in [3.8, 4) is 44.5 Å². The van der Waals surface area contributed by atoms with Gasteiger partial charge >= 0.3 is 0 Å². The van der Waals surface area contributed by atoms with Gasteiger partial charge in [-0.25, -0.2) is 4.98 Å². The second-order valence-corrected chi connectivity index (χ2v) is 9.15. The van der Waals surface area contributed by atoms with Crippen molar-refractivity contribution in [2.75, 3.05) is 18.7 Å². The minimum atomic E-state index is -1.33. The highest BCUT2D eigenvalue weighted by Gasteiger charge is 2.27. The van der Waals surface area contributed by atoms with E-state index >= 15 is 0 Å². The van der Waals surface area contributed by atoms with Gasteiger partial charge in [-0.2, -0.15) is 0 Å². The number of thiazole rings is 1. The second kappa shape index (κ2) is 8.90. The number of hydrogen-bond donors (Lipinski definition) is 3. The van der Waals surface area contributed by atoms with Crippen LogP contribution in [0.25, 0.3) is 33.0 Å². The molecule has 8 heteroatoms. The van der Waals surface area contributed by atoms with Gasteiger partial charge in [0.25, 0.3) is 0 Å². The third kappa shape index (κ3) is 4.38. The number of anilines is 1. The summed E-state index contributed by atoms with van der Waals surface area (Å²) in [5, 5.41) is 14.9. The van der Waals surface area contributed by atoms with Crippen molar-refractivity contribution in [1.29, 1.82) is 0 Å². The molecule has 1 aromatic heterocycles. The number of aromatic nitrogens is 1. The summed E-state index contributed by atoms with van der Waals surface area (Å²) in [6, 6.07) is 21.6. The van der Waals surface area contributed by atoms with E-state index in [2.05, 4.69) is 29.6 Å². The lowest BCUT2D eigenvalue weighted by atomic mass is 10.0. The minimum absolute atomic E-state index is 0.262. The fraction of sp³-hybridized carbons (Fsp3) is 0.154. The molecular weight excluding hydrogens is 450 g/mol. The monoisotopic (exact) mass is 473 g/mol. The van der Waals surface area contributed by atoms with Gasteiger partial charge in [0.05, 0.1) is 12.3 Å². The first-order valence-corrected chi connectivity index (χ1v) is 11.6. The quantitative estimate of drug-likeness (QED) is 0.380. The number of carbonyl (C=O) groups excluding carboxylic acids is 1. The number of carbonyl (C=O) groups is 1. The molecule has 0 spiro atoms. The lowest BCUT2D eigenvalue weighted by Crippen LogP contribution is -2.51. The molecule has 7 nitrogen and oxygen atoms in total. The first kappa shape index (κ1) is 22.1. The minimum Gasteiger partial charge on any atom is -0.454 e. The molecule has 1 unspecified atom stereocenters. The van der Waals surface area contributed by atoms with Gasteiger partial charge in [0, 0.05) is 22.2 Å². The van der Waals surface area contributed by atoms with Gasteiger partial charge < -0.3 is 25.6 Å². The van der Waals surface area contributed by atoms with Crippen molar-refractivity contribution in [2.45, 2.75) is 12.5 Å². The Morgan fingerprint density at radius 1 is 1.00 bits per heavy atom. The zero-order valence-corrected chi connectivity index (χ0v) is 19.3. The number of aliphatic hydroxyl groups is 1. The molecule has 1 aliphatic rings. The van der Waals surface area contributed by atoms with E-state index in [1.54, 1.807) is 23.5 Å². The van der Waals surface area contributed by atoms with Crippen LogP contribution in [0.15, 0.2) is 72.1 Å². The summed E-state index contributed by atoms with van der Waals surface area (Å²) in [7, 11) is 0. The topological polar surface area (TPSA) is 107 Å². The van der Waals surface area contributed by atoms with Crippen molar-refractivity contribution in [1.82, 2.24) is 4.98 Å². The molecule has 2 heterocycles. The van der Waals surface area contributed by atoms with Crippen molar-refractivity contribution < 1.29 is 19.4 Å². The van der Waals surface area contributed by atoms with E-state index in [1.807, 2.05) is 35.7 Å². The van der Waals surface area contributed by atoms with Crippen LogP contribution in [0.5, 0.6) is 11.5 Å². The van der Waals surface area contributed by atoms with Crippen LogP contribution < -0.4 is 20.5 Å². The zero-order valence-electron chi connectivity index (χ0n) is 18.4. The Bertz CT molecular complexity index is 1330. The van der Waals surface area contributed by atoms with E-state index in [0.717, 1.165) is 44.5 Å². The molecule has 3 aromatic carbocycles. The van der Waals surface area contributed by atoms with E-state index in [-0.39, 0.29) is 6.79 Å². The lowest BCUT2D eigenvalue weighted by Gasteiger charge is -2.20. The Hall–Kier alpha value is -3.72. The second-order valence-electron chi connectivity index (χ2n) is 8.29. The van der Waals surface area contributed by atoms with Crippen molar-refractivity contribution in [3.05, 3.63) is 72.1 Å². The van der Waals surface area contributed by atoms with Gasteiger partial charge in [-0.05, 0) is 42.3 Å². The molecule has 5 rings (SSSR count). The number of nitrogens with two attached hydrogens (primary N) is 1. The van der Waals surface area contributed by atoms with Crippen LogP contribution in [0.3, 0.4) is 0 Å². The van der Waals surface area contributed by atoms with Crippen LogP contribution >= 0.6 is 11.3 Å². The number of fused-ring (bicyclic) bond motifs is 1. The molecule has 4 N–H and O–H groups in total. The van der Waals surface area contributed by atoms with E-state index in [0.29, 0.717) is 5.69 Å². The average molecular weight is 474 g/mol. The summed E-state index contributed by atoms with van der Waals surface area (Å²) in [6.07, 6.45) is 0. The Labute approximate surface area is 200 Å². The molecule has 172 valence electrons. The van der Waals surface area contributed by atoms with Gasteiger partial charge in [-0.15, -0.1) is 11.3 Å². The van der Waals surface area contributed by atoms with Gasteiger partial charge in [-0.1, -0.05) is 42.5 Å². The predicted molar refractivity (Wildman–Crippen MR) is 133 cm³/mol. The molecule has 0 saturated carbocycles. The maximum Gasteiger partial charge on any atom is 0.246 e. The molecule has 0 saturated heterocycles. The Morgan fingerprint density at radius 2 is 1.65 bits per heavy atom. The third-order valence-electron chi connectivity index (χ3n) is 5.63. The van der Waals surface area contributed by atoms with E-state index < -0.39 is 18.1 Å². The maximum atomic E-state index is 12.1. The summed E-state index contributed by atoms with van der Waals surface area (Å²) in [4.78, 5) is 16.9. The molecule has 34 heavy (non-hydrogen) atoms. The number of ether oxygens (including phenoxy) is 2. The summed E-state index contributed by atoms with van der Waals surface area (Å²) < 4.78 is 10.9. The number of aliphatic hydroxyl groups excluding tert-OH is 1. The summed E-state index contributed by atoms with van der Waals surface area (Å²) in [5.74, 6) is 1.10. The molecule has 0 bridgehead atoms. The number of nitrogens with one attached hydrogen (secondary N) is 1. The zero-order chi connectivity index (χ0) is 23.7. The van der Waals surface area contributed by atoms with Crippen LogP contribution in [0.1, 0.15) is 6.92 Å². The first-order chi connectivity index (χ1) is 16.4. The smallest absolute Gasteiger partial charge is 0.246 e. The molecule has 4 aromatic rings. The maximum absolute atomic E-state index is 12.1. The molecule has 0 fully saturated rings. The average Bonchev–Trinajstić information content (AvgIpc) is 3.54. The van der Waals surface area contributed by atoms with Crippen LogP contribution in [0.2, 0.25) is 0 Å². The van der Waals surface area contributed by atoms with Gasteiger partial charge in [0.15, 0.2) is 11.5 Å². The predicted octanol–water partition coefficient (Wildman–Crippen LogP) is 4.52.